The average Bonchev–Trinajstić information content (AvgIpc) is 3.01. The number of ether oxygens (including phenoxy) is 3. The molecule has 0 atom stereocenters. The van der Waals surface area contributed by atoms with E-state index in [0.717, 1.165) is 11.3 Å². The van der Waals surface area contributed by atoms with Gasteiger partial charge in [-0.15, -0.1) is 0 Å². The summed E-state index contributed by atoms with van der Waals surface area (Å²) < 4.78 is 21.7. The van der Waals surface area contributed by atoms with E-state index in [1.54, 1.807) is 30.1 Å². The lowest BCUT2D eigenvalue weighted by Gasteiger charge is -2.21. The van der Waals surface area contributed by atoms with E-state index in [9.17, 15) is 9.59 Å². The molecular weight excluding hydrogens is 400 g/mol. The fourth-order valence-electron chi connectivity index (χ4n) is 2.95. The predicted molar refractivity (Wildman–Crippen MR) is 115 cm³/mol. The highest BCUT2D eigenvalue weighted by molar-refractivity contribution is 5.94. The molecule has 8 heteroatoms. The van der Waals surface area contributed by atoms with Crippen LogP contribution in [0.2, 0.25) is 0 Å². The Morgan fingerprint density at radius 3 is 2.45 bits per heavy atom. The molecule has 2 aromatic rings. The summed E-state index contributed by atoms with van der Waals surface area (Å²) in [6.07, 6.45) is 0.777. The molecule has 31 heavy (non-hydrogen) atoms. The second-order valence-corrected chi connectivity index (χ2v) is 8.37. The SMILES string of the molecule is COc1cc(C(=O)N(C)CCCC(=O)OC(C)(C)C)ccc1OCc1c(C)noc1C. The number of rotatable bonds is 9. The van der Waals surface area contributed by atoms with Crippen molar-refractivity contribution in [3.8, 4) is 11.5 Å². The first kappa shape index (κ1) is 24.2. The van der Waals surface area contributed by atoms with Crippen LogP contribution in [0.1, 0.15) is 61.0 Å². The summed E-state index contributed by atoms with van der Waals surface area (Å²) in [6, 6.07) is 5.05. The molecule has 0 aliphatic heterocycles. The van der Waals surface area contributed by atoms with Crippen LogP contribution in [0.3, 0.4) is 0 Å². The van der Waals surface area contributed by atoms with Gasteiger partial charge in [0.1, 0.15) is 18.0 Å². The predicted octanol–water partition coefficient (Wildman–Crippen LogP) is 4.07. The van der Waals surface area contributed by atoms with E-state index in [-0.39, 0.29) is 24.9 Å². The quantitative estimate of drug-likeness (QED) is 0.552. The Labute approximate surface area is 183 Å². The number of nitrogens with zero attached hydrogens (tertiary/aromatic N) is 2. The number of carbonyl (C=O) groups is 2. The highest BCUT2D eigenvalue weighted by atomic mass is 16.6. The second-order valence-electron chi connectivity index (χ2n) is 8.37. The van der Waals surface area contributed by atoms with Gasteiger partial charge in [-0.05, 0) is 59.2 Å². The first-order chi connectivity index (χ1) is 14.5. The topological polar surface area (TPSA) is 91.1 Å². The molecule has 0 fully saturated rings. The van der Waals surface area contributed by atoms with Gasteiger partial charge in [-0.2, -0.15) is 0 Å². The number of methoxy groups -OCH3 is 1. The minimum Gasteiger partial charge on any atom is -0.493 e. The number of aryl methyl sites for hydroxylation is 2. The van der Waals surface area contributed by atoms with E-state index in [4.69, 9.17) is 18.7 Å². The van der Waals surface area contributed by atoms with E-state index >= 15 is 0 Å². The van der Waals surface area contributed by atoms with Crippen LogP contribution in [-0.4, -0.2) is 48.2 Å². The molecule has 0 spiro atoms. The molecular formula is C23H32N2O6. The lowest BCUT2D eigenvalue weighted by molar-refractivity contribution is -0.154. The van der Waals surface area contributed by atoms with Crippen molar-refractivity contribution in [2.24, 2.45) is 0 Å². The van der Waals surface area contributed by atoms with Crippen molar-refractivity contribution >= 4 is 11.9 Å². The normalized spacial score (nSPS) is 11.2. The zero-order valence-electron chi connectivity index (χ0n) is 19.4. The summed E-state index contributed by atoms with van der Waals surface area (Å²) in [4.78, 5) is 26.2. The summed E-state index contributed by atoms with van der Waals surface area (Å²) in [5.41, 5.74) is 1.62. The molecule has 0 saturated heterocycles. The fourth-order valence-corrected chi connectivity index (χ4v) is 2.95. The Kier molecular flexibility index (Phi) is 8.08. The Bertz CT molecular complexity index is 894. The van der Waals surface area contributed by atoms with Crippen LogP contribution >= 0.6 is 0 Å². The maximum Gasteiger partial charge on any atom is 0.306 e. The van der Waals surface area contributed by atoms with Gasteiger partial charge < -0.3 is 23.6 Å². The van der Waals surface area contributed by atoms with E-state index < -0.39 is 5.60 Å². The number of carbonyl (C=O) groups excluding carboxylic acids is 2. The van der Waals surface area contributed by atoms with Gasteiger partial charge >= 0.3 is 5.97 Å². The monoisotopic (exact) mass is 432 g/mol. The lowest BCUT2D eigenvalue weighted by Crippen LogP contribution is -2.29. The molecule has 0 saturated carbocycles. The van der Waals surface area contributed by atoms with Crippen LogP contribution < -0.4 is 9.47 Å². The third-order valence-electron chi connectivity index (χ3n) is 4.60. The molecule has 1 heterocycles. The lowest BCUT2D eigenvalue weighted by atomic mass is 10.1. The number of aromatic nitrogens is 1. The molecule has 1 amide bonds. The first-order valence-electron chi connectivity index (χ1n) is 10.2. The van der Waals surface area contributed by atoms with Crippen molar-refractivity contribution in [3.05, 3.63) is 40.8 Å². The van der Waals surface area contributed by atoms with Crippen molar-refractivity contribution in [3.63, 3.8) is 0 Å². The molecule has 0 aliphatic rings. The summed E-state index contributed by atoms with van der Waals surface area (Å²) >= 11 is 0. The highest BCUT2D eigenvalue weighted by Gasteiger charge is 2.18. The molecule has 2 rings (SSSR count). The van der Waals surface area contributed by atoms with Gasteiger partial charge in [0.05, 0.1) is 18.4 Å². The molecule has 0 N–H and O–H groups in total. The van der Waals surface area contributed by atoms with Gasteiger partial charge in [0, 0.05) is 25.6 Å². The molecule has 1 aromatic carbocycles. The second kappa shape index (κ2) is 10.3. The Hall–Kier alpha value is -3.03. The van der Waals surface area contributed by atoms with Crippen molar-refractivity contribution in [2.75, 3.05) is 20.7 Å². The summed E-state index contributed by atoms with van der Waals surface area (Å²) in [6.45, 7) is 9.89. The van der Waals surface area contributed by atoms with Crippen molar-refractivity contribution in [1.82, 2.24) is 10.1 Å². The van der Waals surface area contributed by atoms with Crippen molar-refractivity contribution in [1.29, 1.82) is 0 Å². The summed E-state index contributed by atoms with van der Waals surface area (Å²) in [5, 5.41) is 3.91. The van der Waals surface area contributed by atoms with Crippen LogP contribution in [0, 0.1) is 13.8 Å². The third-order valence-corrected chi connectivity index (χ3v) is 4.60. The Morgan fingerprint density at radius 1 is 1.16 bits per heavy atom. The molecule has 0 aliphatic carbocycles. The van der Waals surface area contributed by atoms with E-state index in [2.05, 4.69) is 5.16 Å². The third kappa shape index (κ3) is 7.01. The molecule has 0 unspecified atom stereocenters. The van der Waals surface area contributed by atoms with Gasteiger partial charge in [-0.3, -0.25) is 9.59 Å². The largest absolute Gasteiger partial charge is 0.493 e. The van der Waals surface area contributed by atoms with Crippen LogP contribution in [0.5, 0.6) is 11.5 Å². The number of benzene rings is 1. The number of hydrogen-bond acceptors (Lipinski definition) is 7. The van der Waals surface area contributed by atoms with E-state index in [1.807, 2.05) is 34.6 Å². The van der Waals surface area contributed by atoms with Crippen molar-refractivity contribution < 1.29 is 28.3 Å². The molecule has 170 valence electrons. The minimum absolute atomic E-state index is 0.167. The maximum atomic E-state index is 12.8. The Morgan fingerprint density at radius 2 is 1.87 bits per heavy atom. The zero-order chi connectivity index (χ0) is 23.2. The zero-order valence-corrected chi connectivity index (χ0v) is 19.4. The fraction of sp³-hybridized carbons (Fsp3) is 0.522. The van der Waals surface area contributed by atoms with Crippen LogP contribution in [0.4, 0.5) is 0 Å². The van der Waals surface area contributed by atoms with Gasteiger partial charge in [0.15, 0.2) is 11.5 Å². The van der Waals surface area contributed by atoms with E-state index in [0.29, 0.717) is 35.8 Å². The Balaban J connectivity index is 1.96. The standard InChI is InChI=1S/C23H32N2O6/c1-15-18(16(2)31-24-15)14-29-19-11-10-17(13-20(19)28-7)22(27)25(6)12-8-9-21(26)30-23(3,4)5/h10-11,13H,8-9,12,14H2,1-7H3. The smallest absolute Gasteiger partial charge is 0.306 e. The molecule has 8 nitrogen and oxygen atoms in total. The number of hydrogen-bond donors (Lipinski definition) is 0. The number of esters is 1. The maximum absolute atomic E-state index is 12.8. The van der Waals surface area contributed by atoms with Gasteiger partial charge in [-0.1, -0.05) is 5.16 Å². The van der Waals surface area contributed by atoms with Gasteiger partial charge in [0.2, 0.25) is 0 Å². The molecule has 0 bridgehead atoms. The average molecular weight is 433 g/mol. The van der Waals surface area contributed by atoms with E-state index in [1.165, 1.54) is 7.11 Å². The highest BCUT2D eigenvalue weighted by Crippen LogP contribution is 2.30. The molecule has 1 aromatic heterocycles. The molecule has 0 radical (unpaired) electrons. The van der Waals surface area contributed by atoms with Crippen LogP contribution in [0.15, 0.2) is 22.7 Å². The van der Waals surface area contributed by atoms with Crippen LogP contribution in [-0.2, 0) is 16.1 Å². The van der Waals surface area contributed by atoms with Gasteiger partial charge in [0.25, 0.3) is 5.91 Å². The summed E-state index contributed by atoms with van der Waals surface area (Å²) in [7, 11) is 3.22. The van der Waals surface area contributed by atoms with Crippen molar-refractivity contribution in [2.45, 2.75) is 59.7 Å². The summed E-state index contributed by atoms with van der Waals surface area (Å²) in [5.74, 6) is 1.25. The first-order valence-corrected chi connectivity index (χ1v) is 10.2. The number of amides is 1. The minimum atomic E-state index is -0.509. The van der Waals surface area contributed by atoms with Gasteiger partial charge in [-0.25, -0.2) is 0 Å². The van der Waals surface area contributed by atoms with Crippen LogP contribution in [0.25, 0.3) is 0 Å².